The Bertz CT molecular complexity index is 1210. The van der Waals surface area contributed by atoms with Gasteiger partial charge in [0.1, 0.15) is 11.3 Å². The second kappa shape index (κ2) is 8.45. The van der Waals surface area contributed by atoms with Crippen LogP contribution < -0.4 is 10.2 Å². The summed E-state index contributed by atoms with van der Waals surface area (Å²) in [7, 11) is 0. The normalized spacial score (nSPS) is 14.1. The van der Waals surface area contributed by atoms with Crippen LogP contribution in [0.4, 0.5) is 21.8 Å². The summed E-state index contributed by atoms with van der Waals surface area (Å²) in [4.78, 5) is 16.4. The van der Waals surface area contributed by atoms with Crippen LogP contribution >= 0.6 is 11.6 Å². The molecular formula is C23H19ClFN5O. The van der Waals surface area contributed by atoms with Gasteiger partial charge >= 0.3 is 0 Å². The summed E-state index contributed by atoms with van der Waals surface area (Å²) < 4.78 is 18.8. The first-order valence-electron chi connectivity index (χ1n) is 9.96. The van der Waals surface area contributed by atoms with Gasteiger partial charge in [-0.2, -0.15) is 4.98 Å². The van der Waals surface area contributed by atoms with Gasteiger partial charge in [-0.25, -0.2) is 14.4 Å². The van der Waals surface area contributed by atoms with E-state index in [0.717, 1.165) is 41.4 Å². The summed E-state index contributed by atoms with van der Waals surface area (Å²) in [5, 5.41) is 3.91. The Hall–Kier alpha value is -3.29. The number of ether oxygens (including phenoxy) is 1. The van der Waals surface area contributed by atoms with Gasteiger partial charge in [0.25, 0.3) is 0 Å². The highest BCUT2D eigenvalue weighted by Gasteiger charge is 2.19. The van der Waals surface area contributed by atoms with E-state index in [2.05, 4.69) is 15.2 Å². The van der Waals surface area contributed by atoms with Crippen molar-refractivity contribution in [2.75, 3.05) is 36.5 Å². The zero-order valence-electron chi connectivity index (χ0n) is 16.6. The first-order valence-corrected chi connectivity index (χ1v) is 10.3. The number of halogens is 2. The van der Waals surface area contributed by atoms with Crippen LogP contribution in [0.15, 0.2) is 60.7 Å². The van der Waals surface area contributed by atoms with Crippen molar-refractivity contribution in [1.29, 1.82) is 0 Å². The lowest BCUT2D eigenvalue weighted by Crippen LogP contribution is -2.37. The van der Waals surface area contributed by atoms with Crippen LogP contribution in [0.25, 0.3) is 22.3 Å². The predicted octanol–water partition coefficient (Wildman–Crippen LogP) is 5.06. The third kappa shape index (κ3) is 4.28. The Morgan fingerprint density at radius 1 is 0.871 bits per heavy atom. The van der Waals surface area contributed by atoms with Gasteiger partial charge in [-0.3, -0.25) is 0 Å². The molecule has 0 saturated carbocycles. The number of morpholine rings is 1. The van der Waals surface area contributed by atoms with Crippen LogP contribution in [0.5, 0.6) is 0 Å². The maximum atomic E-state index is 13.3. The summed E-state index contributed by atoms with van der Waals surface area (Å²) >= 11 is 5.99. The monoisotopic (exact) mass is 435 g/mol. The molecule has 0 atom stereocenters. The van der Waals surface area contributed by atoms with Crippen molar-refractivity contribution in [3.63, 3.8) is 0 Å². The number of nitrogens with one attached hydrogen (secondary N) is 1. The van der Waals surface area contributed by atoms with Crippen molar-refractivity contribution >= 4 is 40.1 Å². The van der Waals surface area contributed by atoms with E-state index < -0.39 is 0 Å². The first kappa shape index (κ1) is 19.7. The molecule has 31 heavy (non-hydrogen) atoms. The number of hydrogen-bond acceptors (Lipinski definition) is 6. The molecule has 5 rings (SSSR count). The fourth-order valence-electron chi connectivity index (χ4n) is 3.49. The number of rotatable bonds is 4. The number of aromatic nitrogens is 3. The van der Waals surface area contributed by atoms with Gasteiger partial charge in [0, 0.05) is 29.4 Å². The Labute approximate surface area is 183 Å². The first-order chi connectivity index (χ1) is 15.2. The molecule has 3 heterocycles. The van der Waals surface area contributed by atoms with E-state index >= 15 is 0 Å². The van der Waals surface area contributed by atoms with Crippen molar-refractivity contribution in [2.45, 2.75) is 0 Å². The number of benzene rings is 2. The molecular weight excluding hydrogens is 417 g/mol. The van der Waals surface area contributed by atoms with E-state index in [0.29, 0.717) is 29.7 Å². The molecule has 0 amide bonds. The van der Waals surface area contributed by atoms with Crippen LogP contribution in [0.1, 0.15) is 0 Å². The number of anilines is 3. The molecule has 4 aromatic rings. The molecule has 2 aromatic carbocycles. The summed E-state index contributed by atoms with van der Waals surface area (Å²) in [5.74, 6) is 0.946. The molecule has 8 heteroatoms. The van der Waals surface area contributed by atoms with Crippen molar-refractivity contribution in [2.24, 2.45) is 0 Å². The predicted molar refractivity (Wildman–Crippen MR) is 120 cm³/mol. The second-order valence-electron chi connectivity index (χ2n) is 7.17. The second-order valence-corrected chi connectivity index (χ2v) is 7.61. The van der Waals surface area contributed by atoms with Crippen molar-refractivity contribution in [3.8, 4) is 11.3 Å². The number of pyridine rings is 1. The average molecular weight is 436 g/mol. The molecule has 1 aliphatic heterocycles. The number of hydrogen-bond donors (Lipinski definition) is 1. The van der Waals surface area contributed by atoms with Gasteiger partial charge < -0.3 is 15.0 Å². The molecule has 0 bridgehead atoms. The van der Waals surface area contributed by atoms with Crippen molar-refractivity contribution in [3.05, 3.63) is 71.5 Å². The maximum absolute atomic E-state index is 13.3. The standard InChI is InChI=1S/C23H19ClFN5O/c24-16-3-7-18(8-4-16)26-23-28-20-10-9-19(15-1-5-17(25)6-2-15)27-21(20)22(29-23)30-11-13-31-14-12-30/h1-10H,11-14H2,(H,26,28,29). The van der Waals surface area contributed by atoms with Gasteiger partial charge in [-0.1, -0.05) is 11.6 Å². The lowest BCUT2D eigenvalue weighted by atomic mass is 10.1. The molecule has 0 unspecified atom stereocenters. The van der Waals surface area contributed by atoms with E-state index in [1.54, 1.807) is 12.1 Å². The smallest absolute Gasteiger partial charge is 0.229 e. The average Bonchev–Trinajstić information content (AvgIpc) is 2.81. The highest BCUT2D eigenvalue weighted by atomic mass is 35.5. The molecule has 0 radical (unpaired) electrons. The van der Waals surface area contributed by atoms with E-state index in [9.17, 15) is 4.39 Å². The van der Waals surface area contributed by atoms with Crippen LogP contribution in [0, 0.1) is 5.82 Å². The third-order valence-electron chi connectivity index (χ3n) is 5.07. The quantitative estimate of drug-likeness (QED) is 0.483. The van der Waals surface area contributed by atoms with Gasteiger partial charge in [0.05, 0.1) is 24.4 Å². The van der Waals surface area contributed by atoms with Gasteiger partial charge in [0.2, 0.25) is 5.95 Å². The van der Waals surface area contributed by atoms with Gasteiger partial charge in [-0.15, -0.1) is 0 Å². The Morgan fingerprint density at radius 3 is 2.35 bits per heavy atom. The molecule has 1 fully saturated rings. The van der Waals surface area contributed by atoms with E-state index in [1.807, 2.05) is 36.4 Å². The zero-order chi connectivity index (χ0) is 21.2. The van der Waals surface area contributed by atoms with E-state index in [-0.39, 0.29) is 5.82 Å². The topological polar surface area (TPSA) is 63.2 Å². The largest absolute Gasteiger partial charge is 0.378 e. The van der Waals surface area contributed by atoms with E-state index in [4.69, 9.17) is 26.3 Å². The van der Waals surface area contributed by atoms with Crippen LogP contribution in [0.3, 0.4) is 0 Å². The molecule has 0 spiro atoms. The third-order valence-corrected chi connectivity index (χ3v) is 5.33. The fraction of sp³-hybridized carbons (Fsp3) is 0.174. The maximum Gasteiger partial charge on any atom is 0.229 e. The molecule has 156 valence electrons. The van der Waals surface area contributed by atoms with Crippen molar-refractivity contribution in [1.82, 2.24) is 15.0 Å². The van der Waals surface area contributed by atoms with Gasteiger partial charge in [0.15, 0.2) is 5.82 Å². The van der Waals surface area contributed by atoms with Gasteiger partial charge in [-0.05, 0) is 60.7 Å². The van der Waals surface area contributed by atoms with Crippen LogP contribution in [0.2, 0.25) is 5.02 Å². The summed E-state index contributed by atoms with van der Waals surface area (Å²) in [6.07, 6.45) is 0. The minimum atomic E-state index is -0.278. The minimum absolute atomic E-state index is 0.278. The molecule has 1 aliphatic rings. The minimum Gasteiger partial charge on any atom is -0.378 e. The fourth-order valence-corrected chi connectivity index (χ4v) is 3.62. The zero-order valence-corrected chi connectivity index (χ0v) is 17.3. The van der Waals surface area contributed by atoms with Crippen LogP contribution in [-0.2, 0) is 4.74 Å². The molecule has 2 aromatic heterocycles. The Morgan fingerprint density at radius 2 is 1.61 bits per heavy atom. The lowest BCUT2D eigenvalue weighted by Gasteiger charge is -2.28. The molecule has 6 nitrogen and oxygen atoms in total. The van der Waals surface area contributed by atoms with Crippen LogP contribution in [-0.4, -0.2) is 41.3 Å². The number of nitrogens with zero attached hydrogens (tertiary/aromatic N) is 4. The summed E-state index contributed by atoms with van der Waals surface area (Å²) in [6, 6.07) is 17.5. The highest BCUT2D eigenvalue weighted by Crippen LogP contribution is 2.29. The molecule has 1 saturated heterocycles. The lowest BCUT2D eigenvalue weighted by molar-refractivity contribution is 0.122. The van der Waals surface area contributed by atoms with E-state index in [1.165, 1.54) is 12.1 Å². The SMILES string of the molecule is Fc1ccc(-c2ccc3nc(Nc4ccc(Cl)cc4)nc(N4CCOCC4)c3n2)cc1. The van der Waals surface area contributed by atoms with Crippen molar-refractivity contribution < 1.29 is 9.13 Å². The molecule has 0 aliphatic carbocycles. The Kier molecular flexibility index (Phi) is 5.36. The summed E-state index contributed by atoms with van der Waals surface area (Å²) in [5.41, 5.74) is 3.83. The highest BCUT2D eigenvalue weighted by molar-refractivity contribution is 6.30. The number of fused-ring (bicyclic) bond motifs is 1. The molecule has 1 N–H and O–H groups in total. The summed E-state index contributed by atoms with van der Waals surface area (Å²) in [6.45, 7) is 2.69. The Balaban J connectivity index is 1.59.